The number of aryl methyl sites for hydroxylation is 1. The Hall–Kier alpha value is -1.77. The van der Waals surface area contributed by atoms with Crippen molar-refractivity contribution in [2.24, 2.45) is 12.0 Å². The second-order valence-corrected chi connectivity index (χ2v) is 5.70. The van der Waals surface area contributed by atoms with Crippen LogP contribution in [-0.2, 0) is 19.9 Å². The van der Waals surface area contributed by atoms with E-state index in [-0.39, 0.29) is 30.1 Å². The number of aromatic nitrogens is 2. The van der Waals surface area contributed by atoms with Crippen LogP contribution >= 0.6 is 24.0 Å². The summed E-state index contributed by atoms with van der Waals surface area (Å²) in [6.07, 6.45) is 5.93. The zero-order valence-corrected chi connectivity index (χ0v) is 16.4. The number of nitrogens with zero attached hydrogens (tertiary/aromatic N) is 3. The van der Waals surface area contributed by atoms with Gasteiger partial charge in [-0.2, -0.15) is 5.10 Å². The van der Waals surface area contributed by atoms with Crippen molar-refractivity contribution in [3.05, 3.63) is 47.8 Å². The Balaban J connectivity index is 0.00000208. The Morgan fingerprint density at radius 3 is 2.92 bits per heavy atom. The molecule has 0 saturated carbocycles. The number of hydrogen-bond donors (Lipinski definition) is 2. The lowest BCUT2D eigenvalue weighted by Crippen LogP contribution is -2.42. The summed E-state index contributed by atoms with van der Waals surface area (Å²) in [6, 6.07) is 8.21. The van der Waals surface area contributed by atoms with Gasteiger partial charge in [-0.1, -0.05) is 18.2 Å². The van der Waals surface area contributed by atoms with Gasteiger partial charge in [-0.3, -0.25) is 9.67 Å². The third-order valence-electron chi connectivity index (χ3n) is 3.90. The minimum Gasteiger partial charge on any atom is -0.488 e. The summed E-state index contributed by atoms with van der Waals surface area (Å²) in [7, 11) is 3.71. The fourth-order valence-electron chi connectivity index (χ4n) is 2.73. The lowest BCUT2D eigenvalue weighted by molar-refractivity contribution is 0.235. The molecule has 24 heavy (non-hydrogen) atoms. The summed E-state index contributed by atoms with van der Waals surface area (Å²) in [5.41, 5.74) is 2.49. The Bertz CT molecular complexity index is 660. The van der Waals surface area contributed by atoms with Crippen LogP contribution in [0.3, 0.4) is 0 Å². The lowest BCUT2D eigenvalue weighted by Gasteiger charge is -2.15. The number of benzene rings is 1. The minimum atomic E-state index is 0. The second kappa shape index (κ2) is 8.91. The molecule has 0 bridgehead atoms. The number of aliphatic imine (C=N–C) groups is 1. The molecule has 6 nitrogen and oxygen atoms in total. The molecular formula is C17H24IN5O. The van der Waals surface area contributed by atoms with Gasteiger partial charge in [-0.25, -0.2) is 0 Å². The number of guanidine groups is 1. The maximum absolute atomic E-state index is 5.92. The number of hydrogen-bond acceptors (Lipinski definition) is 3. The first-order valence-corrected chi connectivity index (χ1v) is 7.91. The molecule has 1 unspecified atom stereocenters. The van der Waals surface area contributed by atoms with E-state index in [9.17, 15) is 0 Å². The van der Waals surface area contributed by atoms with Gasteiger partial charge in [-0.15, -0.1) is 24.0 Å². The fourth-order valence-corrected chi connectivity index (χ4v) is 2.73. The smallest absolute Gasteiger partial charge is 0.191 e. The first kappa shape index (κ1) is 18.6. The number of halogens is 1. The first-order valence-electron chi connectivity index (χ1n) is 7.91. The van der Waals surface area contributed by atoms with Crippen LogP contribution in [0.2, 0.25) is 0 Å². The molecule has 0 fully saturated rings. The van der Waals surface area contributed by atoms with Crippen LogP contribution in [0.25, 0.3) is 0 Å². The van der Waals surface area contributed by atoms with Crippen LogP contribution in [0, 0.1) is 0 Å². The lowest BCUT2D eigenvalue weighted by atomic mass is 10.1. The van der Waals surface area contributed by atoms with E-state index in [0.717, 1.165) is 37.6 Å². The van der Waals surface area contributed by atoms with Gasteiger partial charge in [0.1, 0.15) is 11.9 Å². The average molecular weight is 441 g/mol. The highest BCUT2D eigenvalue weighted by atomic mass is 127. The van der Waals surface area contributed by atoms with Crippen molar-refractivity contribution >= 4 is 29.9 Å². The molecule has 1 aliphatic rings. The minimum absolute atomic E-state index is 0. The SMILES string of the molecule is CN=C(NCCc1cnn(C)c1)NCC1Cc2ccccc2O1.I. The summed E-state index contributed by atoms with van der Waals surface area (Å²) in [6.45, 7) is 1.55. The van der Waals surface area contributed by atoms with Crippen LogP contribution in [0.1, 0.15) is 11.1 Å². The number of para-hydroxylation sites is 1. The normalized spacial score (nSPS) is 16.1. The number of fused-ring (bicyclic) bond motifs is 1. The zero-order valence-electron chi connectivity index (χ0n) is 14.0. The average Bonchev–Trinajstić information content (AvgIpc) is 3.16. The van der Waals surface area contributed by atoms with Crippen molar-refractivity contribution in [3.63, 3.8) is 0 Å². The monoisotopic (exact) mass is 441 g/mol. The quantitative estimate of drug-likeness (QED) is 0.422. The molecule has 0 amide bonds. The van der Waals surface area contributed by atoms with Crippen LogP contribution in [0.5, 0.6) is 5.75 Å². The van der Waals surface area contributed by atoms with Gasteiger partial charge in [0.2, 0.25) is 0 Å². The number of rotatable bonds is 5. The van der Waals surface area contributed by atoms with Gasteiger partial charge in [0.25, 0.3) is 0 Å². The van der Waals surface area contributed by atoms with E-state index in [4.69, 9.17) is 4.74 Å². The molecule has 1 aliphatic heterocycles. The van der Waals surface area contributed by atoms with Gasteiger partial charge in [-0.05, 0) is 23.6 Å². The number of nitrogens with one attached hydrogen (secondary N) is 2. The molecule has 2 heterocycles. The highest BCUT2D eigenvalue weighted by Gasteiger charge is 2.22. The van der Waals surface area contributed by atoms with E-state index in [0.29, 0.717) is 0 Å². The van der Waals surface area contributed by atoms with Crippen molar-refractivity contribution in [2.75, 3.05) is 20.1 Å². The van der Waals surface area contributed by atoms with Gasteiger partial charge < -0.3 is 15.4 Å². The van der Waals surface area contributed by atoms with E-state index in [1.165, 1.54) is 11.1 Å². The Morgan fingerprint density at radius 1 is 1.38 bits per heavy atom. The predicted octanol–water partition coefficient (Wildman–Crippen LogP) is 1.75. The topological polar surface area (TPSA) is 63.5 Å². The predicted molar refractivity (Wildman–Crippen MR) is 106 cm³/mol. The Labute approximate surface area is 159 Å². The highest BCUT2D eigenvalue weighted by molar-refractivity contribution is 14.0. The zero-order chi connectivity index (χ0) is 16.1. The van der Waals surface area contributed by atoms with Gasteiger partial charge in [0, 0.05) is 33.3 Å². The summed E-state index contributed by atoms with van der Waals surface area (Å²) in [4.78, 5) is 4.25. The molecule has 0 aliphatic carbocycles. The van der Waals surface area contributed by atoms with Crippen LogP contribution in [0.15, 0.2) is 41.7 Å². The maximum Gasteiger partial charge on any atom is 0.191 e. The summed E-state index contributed by atoms with van der Waals surface area (Å²) in [5, 5.41) is 10.8. The molecule has 0 radical (unpaired) electrons. The summed E-state index contributed by atoms with van der Waals surface area (Å²) in [5.74, 6) is 1.80. The van der Waals surface area contributed by atoms with E-state index in [1.54, 1.807) is 7.05 Å². The standard InChI is InChI=1S/C17H23N5O.HI/c1-18-17(19-8-7-13-10-21-22(2)12-13)20-11-15-9-14-5-3-4-6-16(14)23-15;/h3-6,10,12,15H,7-9,11H2,1-2H3,(H2,18,19,20);1H. The molecule has 1 aromatic heterocycles. The van der Waals surface area contributed by atoms with Gasteiger partial charge >= 0.3 is 0 Å². The maximum atomic E-state index is 5.92. The second-order valence-electron chi connectivity index (χ2n) is 5.70. The van der Waals surface area contributed by atoms with Crippen LogP contribution < -0.4 is 15.4 Å². The van der Waals surface area contributed by atoms with E-state index in [1.807, 2.05) is 36.3 Å². The van der Waals surface area contributed by atoms with Gasteiger partial charge in [0.05, 0.1) is 12.7 Å². The third-order valence-corrected chi connectivity index (χ3v) is 3.90. The molecule has 2 aromatic rings. The van der Waals surface area contributed by atoms with E-state index in [2.05, 4.69) is 32.9 Å². The molecule has 1 aromatic carbocycles. The molecule has 0 spiro atoms. The Morgan fingerprint density at radius 2 is 2.21 bits per heavy atom. The fraction of sp³-hybridized carbons (Fsp3) is 0.412. The molecule has 0 saturated heterocycles. The van der Waals surface area contributed by atoms with E-state index >= 15 is 0 Å². The third kappa shape index (κ3) is 4.86. The first-order chi connectivity index (χ1) is 11.2. The molecule has 7 heteroatoms. The largest absolute Gasteiger partial charge is 0.488 e. The highest BCUT2D eigenvalue weighted by Crippen LogP contribution is 2.27. The van der Waals surface area contributed by atoms with E-state index < -0.39 is 0 Å². The van der Waals surface area contributed by atoms with Crippen molar-refractivity contribution in [2.45, 2.75) is 18.9 Å². The molecule has 130 valence electrons. The molecule has 3 rings (SSSR count). The van der Waals surface area contributed by atoms with Crippen molar-refractivity contribution in [3.8, 4) is 5.75 Å². The van der Waals surface area contributed by atoms with Crippen molar-refractivity contribution in [1.29, 1.82) is 0 Å². The Kier molecular flexibility index (Phi) is 6.89. The molecule has 2 N–H and O–H groups in total. The molecule has 1 atom stereocenters. The summed E-state index contributed by atoms with van der Waals surface area (Å²) < 4.78 is 7.74. The van der Waals surface area contributed by atoms with Crippen LogP contribution in [-0.4, -0.2) is 42.0 Å². The molecular weight excluding hydrogens is 417 g/mol. The number of ether oxygens (including phenoxy) is 1. The van der Waals surface area contributed by atoms with Gasteiger partial charge in [0.15, 0.2) is 5.96 Å². The van der Waals surface area contributed by atoms with Crippen LogP contribution in [0.4, 0.5) is 0 Å². The van der Waals surface area contributed by atoms with Crippen molar-refractivity contribution < 1.29 is 4.74 Å². The summed E-state index contributed by atoms with van der Waals surface area (Å²) >= 11 is 0. The van der Waals surface area contributed by atoms with Crippen molar-refractivity contribution in [1.82, 2.24) is 20.4 Å².